The third kappa shape index (κ3) is 6.85. The molecule has 0 saturated heterocycles. The van der Waals surface area contributed by atoms with Crippen molar-refractivity contribution in [2.75, 3.05) is 5.32 Å². The molecule has 7 nitrogen and oxygen atoms in total. The average Bonchev–Trinajstić information content (AvgIpc) is 2.91. The Balaban J connectivity index is 1.52. The third-order valence-corrected chi connectivity index (χ3v) is 5.01. The van der Waals surface area contributed by atoms with Crippen LogP contribution in [0.15, 0.2) is 114 Å². The van der Waals surface area contributed by atoms with Gasteiger partial charge in [-0.15, -0.1) is 0 Å². The van der Waals surface area contributed by atoms with Crippen molar-refractivity contribution in [3.05, 3.63) is 126 Å². The number of ether oxygens (including phenoxy) is 2. The number of esters is 2. The summed E-state index contributed by atoms with van der Waals surface area (Å²) >= 11 is 5.25. The minimum atomic E-state index is -0.564. The van der Waals surface area contributed by atoms with Crippen LogP contribution in [0.1, 0.15) is 26.3 Å². The smallest absolute Gasteiger partial charge is 0.343 e. The molecule has 0 aliphatic heterocycles. The second kappa shape index (κ2) is 12.0. The fourth-order valence-corrected chi connectivity index (χ4v) is 3.26. The lowest BCUT2D eigenvalue weighted by Crippen LogP contribution is -2.23. The van der Waals surface area contributed by atoms with Gasteiger partial charge in [-0.25, -0.2) is 9.59 Å². The molecule has 0 amide bonds. The van der Waals surface area contributed by atoms with Crippen molar-refractivity contribution in [3.8, 4) is 11.5 Å². The molecule has 36 heavy (non-hydrogen) atoms. The molecule has 0 saturated carbocycles. The van der Waals surface area contributed by atoms with E-state index in [2.05, 4.69) is 15.8 Å². The Bertz CT molecular complexity index is 1380. The van der Waals surface area contributed by atoms with Crippen LogP contribution in [0.2, 0.25) is 0 Å². The molecular formula is C28H21N3O4S. The number of benzene rings is 4. The molecule has 0 atom stereocenters. The highest BCUT2D eigenvalue weighted by molar-refractivity contribution is 7.80. The summed E-state index contributed by atoms with van der Waals surface area (Å²) < 4.78 is 11.1. The predicted octanol–water partition coefficient (Wildman–Crippen LogP) is 5.45. The largest absolute Gasteiger partial charge is 0.423 e. The monoisotopic (exact) mass is 495 g/mol. The quantitative estimate of drug-likeness (QED) is 0.116. The standard InChI is InChI=1S/C28H21N3O4S/c32-26(20-10-4-1-5-11-20)34-24-17-16-22(19-29-31-28(36)30-23-14-8-3-9-15-23)25(18-24)35-27(33)21-12-6-2-7-13-21/h1-19H,(H2,30,31,36)/b29-19-. The van der Waals surface area contributed by atoms with Crippen LogP contribution in [0.5, 0.6) is 11.5 Å². The fraction of sp³-hybridized carbons (Fsp3) is 0. The Morgan fingerprint density at radius 1 is 0.722 bits per heavy atom. The maximum absolute atomic E-state index is 12.7. The number of thiocarbonyl (C=S) groups is 1. The highest BCUT2D eigenvalue weighted by Gasteiger charge is 2.14. The van der Waals surface area contributed by atoms with Crippen LogP contribution >= 0.6 is 12.2 Å². The normalized spacial score (nSPS) is 10.4. The Labute approximate surface area is 213 Å². The maximum atomic E-state index is 12.7. The van der Waals surface area contributed by atoms with Gasteiger partial charge in [-0.3, -0.25) is 5.43 Å². The number of para-hydroxylation sites is 1. The summed E-state index contributed by atoms with van der Waals surface area (Å²) in [6.45, 7) is 0. The van der Waals surface area contributed by atoms with E-state index in [1.54, 1.807) is 72.8 Å². The molecule has 0 unspecified atom stereocenters. The molecule has 0 aromatic heterocycles. The summed E-state index contributed by atoms with van der Waals surface area (Å²) in [5.74, 6) is -0.719. The topological polar surface area (TPSA) is 89.0 Å². The van der Waals surface area contributed by atoms with Gasteiger partial charge in [0, 0.05) is 17.3 Å². The minimum Gasteiger partial charge on any atom is -0.423 e. The van der Waals surface area contributed by atoms with Gasteiger partial charge in [0.2, 0.25) is 0 Å². The van der Waals surface area contributed by atoms with Crippen molar-refractivity contribution in [2.45, 2.75) is 0 Å². The molecular weight excluding hydrogens is 474 g/mol. The van der Waals surface area contributed by atoms with Crippen LogP contribution in [-0.4, -0.2) is 23.3 Å². The highest BCUT2D eigenvalue weighted by atomic mass is 32.1. The lowest BCUT2D eigenvalue weighted by Gasteiger charge is -2.11. The van der Waals surface area contributed by atoms with Crippen molar-refractivity contribution >= 4 is 41.2 Å². The zero-order chi connectivity index (χ0) is 25.2. The summed E-state index contributed by atoms with van der Waals surface area (Å²) in [4.78, 5) is 25.1. The average molecular weight is 496 g/mol. The Hall–Kier alpha value is -4.82. The highest BCUT2D eigenvalue weighted by Crippen LogP contribution is 2.26. The van der Waals surface area contributed by atoms with Crippen LogP contribution in [-0.2, 0) is 0 Å². The number of nitrogens with zero attached hydrogens (tertiary/aromatic N) is 1. The van der Waals surface area contributed by atoms with E-state index in [-0.39, 0.29) is 16.6 Å². The molecule has 0 fully saturated rings. The number of nitrogens with one attached hydrogen (secondary N) is 2. The zero-order valence-electron chi connectivity index (χ0n) is 19.0. The first-order valence-corrected chi connectivity index (χ1v) is 11.3. The first kappa shape index (κ1) is 24.3. The minimum absolute atomic E-state index is 0.162. The van der Waals surface area contributed by atoms with Crippen molar-refractivity contribution < 1.29 is 19.1 Å². The second-order valence-electron chi connectivity index (χ2n) is 7.40. The summed E-state index contributed by atoms with van der Waals surface area (Å²) in [6.07, 6.45) is 1.45. The Morgan fingerprint density at radius 3 is 1.89 bits per heavy atom. The summed E-state index contributed by atoms with van der Waals surface area (Å²) in [5.41, 5.74) is 4.77. The van der Waals surface area contributed by atoms with Crippen molar-refractivity contribution in [1.29, 1.82) is 0 Å². The molecule has 4 aromatic carbocycles. The van der Waals surface area contributed by atoms with E-state index in [4.69, 9.17) is 21.7 Å². The first-order valence-electron chi connectivity index (χ1n) is 10.9. The molecule has 0 aliphatic carbocycles. The number of carbonyl (C=O) groups is 2. The van der Waals surface area contributed by atoms with Gasteiger partial charge in [-0.05, 0) is 60.7 Å². The molecule has 0 heterocycles. The van der Waals surface area contributed by atoms with E-state index in [0.29, 0.717) is 16.7 Å². The Kier molecular flexibility index (Phi) is 8.14. The van der Waals surface area contributed by atoms with Gasteiger partial charge in [-0.1, -0.05) is 54.6 Å². The van der Waals surface area contributed by atoms with Crippen LogP contribution in [0.4, 0.5) is 5.69 Å². The maximum Gasteiger partial charge on any atom is 0.343 e. The SMILES string of the molecule is O=C(Oc1ccc(/C=N\NC(=S)Nc2ccccc2)c(OC(=O)c2ccccc2)c1)c1ccccc1. The number of hydrogen-bond acceptors (Lipinski definition) is 6. The zero-order valence-corrected chi connectivity index (χ0v) is 19.8. The Morgan fingerprint density at radius 2 is 1.28 bits per heavy atom. The van der Waals surface area contributed by atoms with Gasteiger partial charge in [0.1, 0.15) is 11.5 Å². The first-order chi connectivity index (χ1) is 17.6. The van der Waals surface area contributed by atoms with Gasteiger partial charge in [0.05, 0.1) is 17.3 Å². The van der Waals surface area contributed by atoms with E-state index in [9.17, 15) is 9.59 Å². The van der Waals surface area contributed by atoms with Crippen molar-refractivity contribution in [2.24, 2.45) is 5.10 Å². The number of carbonyl (C=O) groups excluding carboxylic acids is 2. The van der Waals surface area contributed by atoms with Gasteiger partial charge < -0.3 is 14.8 Å². The summed E-state index contributed by atoms with van der Waals surface area (Å²) in [6, 6.07) is 31.2. The second-order valence-corrected chi connectivity index (χ2v) is 7.81. The van der Waals surface area contributed by atoms with Gasteiger partial charge in [0.25, 0.3) is 0 Å². The molecule has 0 bridgehead atoms. The molecule has 0 spiro atoms. The van der Waals surface area contributed by atoms with Crippen LogP contribution in [0.25, 0.3) is 0 Å². The van der Waals surface area contributed by atoms with E-state index in [1.165, 1.54) is 12.3 Å². The third-order valence-electron chi connectivity index (χ3n) is 4.82. The number of hydrazone groups is 1. The van der Waals surface area contributed by atoms with Crippen LogP contribution in [0.3, 0.4) is 0 Å². The van der Waals surface area contributed by atoms with E-state index >= 15 is 0 Å². The van der Waals surface area contributed by atoms with Gasteiger partial charge in [-0.2, -0.15) is 5.10 Å². The van der Waals surface area contributed by atoms with E-state index in [0.717, 1.165) is 5.69 Å². The van der Waals surface area contributed by atoms with Crippen LogP contribution < -0.4 is 20.2 Å². The number of rotatable bonds is 7. The lowest BCUT2D eigenvalue weighted by atomic mass is 10.2. The summed E-state index contributed by atoms with van der Waals surface area (Å²) in [5, 5.41) is 7.43. The van der Waals surface area contributed by atoms with Crippen molar-refractivity contribution in [3.63, 3.8) is 0 Å². The number of anilines is 1. The van der Waals surface area contributed by atoms with Gasteiger partial charge >= 0.3 is 11.9 Å². The predicted molar refractivity (Wildman–Crippen MR) is 143 cm³/mol. The van der Waals surface area contributed by atoms with Gasteiger partial charge in [0.15, 0.2) is 5.11 Å². The molecule has 8 heteroatoms. The molecule has 0 aliphatic rings. The molecule has 178 valence electrons. The van der Waals surface area contributed by atoms with E-state index < -0.39 is 11.9 Å². The van der Waals surface area contributed by atoms with E-state index in [1.807, 2.05) is 30.3 Å². The molecule has 4 aromatic rings. The molecule has 2 N–H and O–H groups in total. The van der Waals surface area contributed by atoms with Crippen LogP contribution in [0, 0.1) is 0 Å². The lowest BCUT2D eigenvalue weighted by molar-refractivity contribution is 0.0732. The molecule has 0 radical (unpaired) electrons. The molecule has 4 rings (SSSR count). The summed E-state index contributed by atoms with van der Waals surface area (Å²) in [7, 11) is 0. The number of hydrogen-bond donors (Lipinski definition) is 2. The fourth-order valence-electron chi connectivity index (χ4n) is 3.09. The van der Waals surface area contributed by atoms with Crippen molar-refractivity contribution in [1.82, 2.24) is 5.43 Å².